The molecule has 2 N–H and O–H groups in total. The van der Waals surface area contributed by atoms with Crippen molar-refractivity contribution in [2.45, 2.75) is 32.3 Å². The summed E-state index contributed by atoms with van der Waals surface area (Å²) in [5.41, 5.74) is 3.53. The Kier molecular flexibility index (Phi) is 8.05. The average molecular weight is 465 g/mol. The molecule has 1 aromatic heterocycles. The highest BCUT2D eigenvalue weighted by Gasteiger charge is 2.40. The Hall–Kier alpha value is -3.40. The van der Waals surface area contributed by atoms with Crippen LogP contribution in [0.4, 0.5) is 28.0 Å². The summed E-state index contributed by atoms with van der Waals surface area (Å²) in [5, 5.41) is 5.30. The second kappa shape index (κ2) is 11.0. The molecule has 0 atom stereocenters. The van der Waals surface area contributed by atoms with Crippen molar-refractivity contribution < 1.29 is 31.5 Å². The highest BCUT2D eigenvalue weighted by atomic mass is 19.3. The number of anilines is 1. The second-order valence-electron chi connectivity index (χ2n) is 7.40. The Morgan fingerprint density at radius 2 is 1.94 bits per heavy atom. The Balaban J connectivity index is 1.43. The molecule has 6 nitrogen and oxygen atoms in total. The molecule has 2 aromatic carbocycles. The van der Waals surface area contributed by atoms with E-state index in [1.54, 1.807) is 18.2 Å². The third kappa shape index (κ3) is 7.31. The van der Waals surface area contributed by atoms with Gasteiger partial charge in [0.25, 0.3) is 0 Å². The highest BCUT2D eigenvalue weighted by Crippen LogP contribution is 2.23. The van der Waals surface area contributed by atoms with Crippen LogP contribution in [0.15, 0.2) is 59.2 Å². The van der Waals surface area contributed by atoms with Crippen LogP contribution in [0.1, 0.15) is 16.8 Å². The summed E-state index contributed by atoms with van der Waals surface area (Å²) in [6.07, 6.45) is -1.80. The fraction of sp³-hybridized carbons (Fsp3) is 0.304. The van der Waals surface area contributed by atoms with Crippen molar-refractivity contribution in [2.24, 2.45) is 0 Å². The molecule has 3 rings (SSSR count). The maximum absolute atomic E-state index is 12.9. The van der Waals surface area contributed by atoms with Crippen LogP contribution >= 0.6 is 0 Å². The molecule has 2 amide bonds. The van der Waals surface area contributed by atoms with Gasteiger partial charge in [0.05, 0.1) is 12.3 Å². The number of oxazole rings is 1. The number of hydrogen-bond acceptors (Lipinski definition) is 4. The number of benzene rings is 2. The molecule has 176 valence electrons. The van der Waals surface area contributed by atoms with E-state index in [0.29, 0.717) is 35.8 Å². The lowest BCUT2D eigenvalue weighted by molar-refractivity contribution is -0.168. The predicted molar refractivity (Wildman–Crippen MR) is 114 cm³/mol. The molecule has 10 heteroatoms. The van der Waals surface area contributed by atoms with Crippen molar-refractivity contribution in [3.05, 3.63) is 71.6 Å². The number of rotatable bonds is 10. The molecule has 0 aliphatic heterocycles. The normalized spacial score (nSPS) is 11.6. The monoisotopic (exact) mass is 465 g/mol. The van der Waals surface area contributed by atoms with Gasteiger partial charge in [-0.1, -0.05) is 29.8 Å². The first-order chi connectivity index (χ1) is 15.7. The summed E-state index contributed by atoms with van der Waals surface area (Å²) in [7, 11) is 0. The van der Waals surface area contributed by atoms with E-state index in [1.807, 2.05) is 31.2 Å². The van der Waals surface area contributed by atoms with Crippen molar-refractivity contribution in [1.29, 1.82) is 0 Å². The summed E-state index contributed by atoms with van der Waals surface area (Å²) in [5.74, 6) is -3.71. The van der Waals surface area contributed by atoms with E-state index >= 15 is 0 Å². The smallest absolute Gasteiger partial charge is 0.330 e. The number of amides is 2. The van der Waals surface area contributed by atoms with Crippen molar-refractivity contribution in [1.82, 2.24) is 10.3 Å². The van der Waals surface area contributed by atoms with Crippen molar-refractivity contribution in [2.75, 3.05) is 18.5 Å². The Morgan fingerprint density at radius 3 is 2.67 bits per heavy atom. The fourth-order valence-electron chi connectivity index (χ4n) is 2.84. The molecule has 3 aromatic rings. The van der Waals surface area contributed by atoms with Gasteiger partial charge in [-0.2, -0.15) is 8.78 Å². The number of alkyl halides is 4. The minimum absolute atomic E-state index is 0.297. The quantitative estimate of drug-likeness (QED) is 0.392. The second-order valence-corrected chi connectivity index (χ2v) is 7.40. The molecule has 0 saturated heterocycles. The maximum atomic E-state index is 12.9. The molecule has 0 spiro atoms. The zero-order valence-corrected chi connectivity index (χ0v) is 17.8. The van der Waals surface area contributed by atoms with E-state index in [0.717, 1.165) is 11.1 Å². The molecule has 0 fully saturated rings. The van der Waals surface area contributed by atoms with Crippen LogP contribution in [0.25, 0.3) is 11.5 Å². The van der Waals surface area contributed by atoms with Gasteiger partial charge >= 0.3 is 18.4 Å². The van der Waals surface area contributed by atoms with Gasteiger partial charge in [0.2, 0.25) is 5.89 Å². The Bertz CT molecular complexity index is 1060. The molecule has 0 aliphatic rings. The Labute approximate surface area is 188 Å². The van der Waals surface area contributed by atoms with E-state index < -0.39 is 25.0 Å². The fourth-order valence-corrected chi connectivity index (χ4v) is 2.84. The number of aromatic nitrogens is 1. The van der Waals surface area contributed by atoms with E-state index in [2.05, 4.69) is 20.4 Å². The van der Waals surface area contributed by atoms with Crippen molar-refractivity contribution >= 4 is 11.7 Å². The third-order valence-corrected chi connectivity index (χ3v) is 4.58. The van der Waals surface area contributed by atoms with E-state index in [9.17, 15) is 22.4 Å². The van der Waals surface area contributed by atoms with Crippen LogP contribution < -0.4 is 10.6 Å². The van der Waals surface area contributed by atoms with Crippen LogP contribution in [-0.4, -0.2) is 36.5 Å². The number of aryl methyl sites for hydroxylation is 1. The molecular weight excluding hydrogens is 442 g/mol. The largest absolute Gasteiger partial charge is 0.444 e. The molecular formula is C23H23F4N3O3. The number of hydrogen-bond donors (Lipinski definition) is 2. The molecule has 0 bridgehead atoms. The van der Waals surface area contributed by atoms with Crippen LogP contribution in [0.5, 0.6) is 0 Å². The highest BCUT2D eigenvalue weighted by molar-refractivity contribution is 5.89. The lowest BCUT2D eigenvalue weighted by Gasteiger charge is -2.15. The summed E-state index contributed by atoms with van der Waals surface area (Å²) in [4.78, 5) is 16.5. The first-order valence-corrected chi connectivity index (χ1v) is 10.1. The van der Waals surface area contributed by atoms with Crippen molar-refractivity contribution in [3.63, 3.8) is 0 Å². The van der Waals surface area contributed by atoms with E-state index in [1.165, 1.54) is 12.3 Å². The van der Waals surface area contributed by atoms with Gasteiger partial charge in [0.1, 0.15) is 12.9 Å². The van der Waals surface area contributed by atoms with Gasteiger partial charge in [-0.05, 0) is 36.8 Å². The minimum atomic E-state index is -4.21. The number of carbonyl (C=O) groups is 1. The third-order valence-electron chi connectivity index (χ3n) is 4.58. The zero-order chi connectivity index (χ0) is 23.8. The van der Waals surface area contributed by atoms with Gasteiger partial charge in [-0.3, -0.25) is 0 Å². The van der Waals surface area contributed by atoms with Gasteiger partial charge in [0.15, 0.2) is 0 Å². The summed E-state index contributed by atoms with van der Waals surface area (Å²) in [6.45, 7) is 0.604. The molecule has 33 heavy (non-hydrogen) atoms. The van der Waals surface area contributed by atoms with Crippen LogP contribution in [0.2, 0.25) is 0 Å². The molecule has 0 radical (unpaired) electrons. The predicted octanol–water partition coefficient (Wildman–Crippen LogP) is 5.43. The number of ether oxygens (including phenoxy) is 1. The Morgan fingerprint density at radius 1 is 1.18 bits per heavy atom. The number of carbonyl (C=O) groups excluding carboxylic acids is 1. The topological polar surface area (TPSA) is 76.4 Å². The summed E-state index contributed by atoms with van der Waals surface area (Å²) < 4.78 is 60.3. The van der Waals surface area contributed by atoms with Crippen LogP contribution in [0, 0.1) is 6.92 Å². The number of urea groups is 1. The van der Waals surface area contributed by atoms with Crippen molar-refractivity contribution in [3.8, 4) is 11.5 Å². The van der Waals surface area contributed by atoms with Gasteiger partial charge < -0.3 is 19.8 Å². The standard InChI is InChI=1S/C23H23F4N3O3/c1-15-5-7-17(8-6-15)20-29-19(13-33-20)9-10-28-22(31)30-18-4-2-3-16(11-18)12-32-14-23(26,27)21(24)25/h2-8,11,13,21H,9-10,12,14H2,1H3,(H2,28,30,31). The van der Waals surface area contributed by atoms with Gasteiger partial charge in [-0.25, -0.2) is 18.6 Å². The van der Waals surface area contributed by atoms with Gasteiger partial charge in [-0.15, -0.1) is 0 Å². The number of nitrogens with zero attached hydrogens (tertiary/aromatic N) is 1. The first kappa shape index (κ1) is 24.2. The summed E-state index contributed by atoms with van der Waals surface area (Å²) in [6, 6.07) is 13.5. The van der Waals surface area contributed by atoms with Gasteiger partial charge in [0, 0.05) is 24.2 Å². The molecule has 0 unspecified atom stereocenters. The van der Waals surface area contributed by atoms with E-state index in [-0.39, 0.29) is 6.61 Å². The minimum Gasteiger partial charge on any atom is -0.444 e. The molecule has 0 aliphatic carbocycles. The van der Waals surface area contributed by atoms with Crippen LogP contribution in [0.3, 0.4) is 0 Å². The van der Waals surface area contributed by atoms with E-state index in [4.69, 9.17) is 4.42 Å². The average Bonchev–Trinajstić information content (AvgIpc) is 3.23. The van der Waals surface area contributed by atoms with Crippen LogP contribution in [-0.2, 0) is 17.8 Å². The SMILES string of the molecule is Cc1ccc(-c2nc(CCNC(=O)Nc3cccc(COCC(F)(F)C(F)F)c3)co2)cc1. The first-order valence-electron chi connectivity index (χ1n) is 10.1. The molecule has 0 saturated carbocycles. The number of nitrogens with one attached hydrogen (secondary N) is 2. The molecule has 1 heterocycles. The maximum Gasteiger partial charge on any atom is 0.330 e. The lowest BCUT2D eigenvalue weighted by Crippen LogP contribution is -2.32. The lowest BCUT2D eigenvalue weighted by atomic mass is 10.1. The zero-order valence-electron chi connectivity index (χ0n) is 17.8. The number of halogens is 4. The summed E-state index contributed by atoms with van der Waals surface area (Å²) >= 11 is 0.